The highest BCUT2D eigenvalue weighted by Gasteiger charge is 2.43. The summed E-state index contributed by atoms with van der Waals surface area (Å²) in [6.45, 7) is 5.09. The van der Waals surface area contributed by atoms with Crippen LogP contribution in [0.2, 0.25) is 0 Å². The van der Waals surface area contributed by atoms with Crippen molar-refractivity contribution in [1.29, 1.82) is 0 Å². The van der Waals surface area contributed by atoms with Crippen LogP contribution in [0.3, 0.4) is 0 Å². The molecule has 3 atom stereocenters. The van der Waals surface area contributed by atoms with Gasteiger partial charge >= 0.3 is 6.03 Å². The third kappa shape index (κ3) is 7.99. The molecule has 1 saturated carbocycles. The topological polar surface area (TPSA) is 188 Å². The lowest BCUT2D eigenvalue weighted by molar-refractivity contribution is -0.142. The summed E-state index contributed by atoms with van der Waals surface area (Å²) in [5, 5.41) is 7.94. The first-order chi connectivity index (χ1) is 16.3. The molecule has 0 radical (unpaired) electrons. The second-order valence-electron chi connectivity index (χ2n) is 10.4. The number of ketones is 1. The molecule has 0 spiro atoms. The van der Waals surface area contributed by atoms with Crippen LogP contribution in [-0.2, 0) is 30.3 Å². The molecule has 1 aliphatic heterocycles. The van der Waals surface area contributed by atoms with Crippen molar-refractivity contribution < 1.29 is 32.7 Å². The summed E-state index contributed by atoms with van der Waals surface area (Å²) in [5.74, 6) is -3.22. The van der Waals surface area contributed by atoms with Crippen molar-refractivity contribution in [2.75, 3.05) is 18.8 Å². The van der Waals surface area contributed by atoms with E-state index in [-0.39, 0.29) is 5.75 Å². The number of carbonyl (C=O) groups is 5. The van der Waals surface area contributed by atoms with E-state index in [4.69, 9.17) is 5.73 Å². The molecule has 1 saturated heterocycles. The maximum absolute atomic E-state index is 13.5. The Morgan fingerprint density at radius 3 is 2.29 bits per heavy atom. The zero-order valence-electron chi connectivity index (χ0n) is 20.6. The van der Waals surface area contributed by atoms with Gasteiger partial charge in [-0.2, -0.15) is 0 Å². The first-order valence-electron chi connectivity index (χ1n) is 11.8. The van der Waals surface area contributed by atoms with Crippen LogP contribution >= 0.6 is 0 Å². The van der Waals surface area contributed by atoms with Crippen molar-refractivity contribution in [3.8, 4) is 0 Å². The molecule has 1 aliphatic carbocycles. The fourth-order valence-corrected chi connectivity index (χ4v) is 5.50. The van der Waals surface area contributed by atoms with Crippen LogP contribution in [0.25, 0.3) is 0 Å². The van der Waals surface area contributed by atoms with Crippen LogP contribution < -0.4 is 21.7 Å². The molecule has 13 heteroatoms. The number of nitrogens with two attached hydrogens (primary N) is 1. The Morgan fingerprint density at radius 2 is 1.74 bits per heavy atom. The summed E-state index contributed by atoms with van der Waals surface area (Å²) in [4.78, 5) is 62.9. The zero-order valence-corrected chi connectivity index (χ0v) is 21.4. The smallest absolute Gasteiger partial charge is 0.315 e. The lowest BCUT2D eigenvalue weighted by atomic mass is 9.83. The lowest BCUT2D eigenvalue weighted by Gasteiger charge is -2.39. The van der Waals surface area contributed by atoms with Gasteiger partial charge in [-0.05, 0) is 31.1 Å². The van der Waals surface area contributed by atoms with Gasteiger partial charge in [0.15, 0.2) is 11.1 Å². The van der Waals surface area contributed by atoms with E-state index in [0.29, 0.717) is 32.2 Å². The summed E-state index contributed by atoms with van der Waals surface area (Å²) in [6, 6.07) is -2.44. The van der Waals surface area contributed by atoms with E-state index in [9.17, 15) is 32.7 Å². The van der Waals surface area contributed by atoms with Gasteiger partial charge in [-0.3, -0.25) is 19.2 Å². The van der Waals surface area contributed by atoms with Gasteiger partial charge in [0, 0.05) is 6.54 Å². The molecule has 3 unspecified atom stereocenters. The number of rotatable bonds is 9. The molecule has 2 fully saturated rings. The number of primary amides is 1. The maximum Gasteiger partial charge on any atom is 0.315 e. The van der Waals surface area contributed by atoms with Gasteiger partial charge in [0.2, 0.25) is 17.6 Å². The van der Waals surface area contributed by atoms with Gasteiger partial charge in [0.25, 0.3) is 5.91 Å². The van der Waals surface area contributed by atoms with Crippen molar-refractivity contribution in [3.05, 3.63) is 0 Å². The summed E-state index contributed by atoms with van der Waals surface area (Å²) in [7, 11) is 0. The van der Waals surface area contributed by atoms with Crippen molar-refractivity contribution in [2.24, 2.45) is 11.1 Å². The predicted octanol–water partition coefficient (Wildman–Crippen LogP) is -0.213. The summed E-state index contributed by atoms with van der Waals surface area (Å²) >= 11 is -2.09. The lowest BCUT2D eigenvalue weighted by Crippen LogP contribution is -2.62. The Labute approximate surface area is 207 Å². The first kappa shape index (κ1) is 28.7. The Bertz CT molecular complexity index is 867. The summed E-state index contributed by atoms with van der Waals surface area (Å²) in [5.41, 5.74) is 3.37. The van der Waals surface area contributed by atoms with Crippen LogP contribution in [0.15, 0.2) is 0 Å². The number of likely N-dealkylation sites (tertiary alicyclic amines) is 1. The molecule has 0 aromatic heterocycles. The predicted molar refractivity (Wildman–Crippen MR) is 128 cm³/mol. The number of carbonyl (C=O) groups excluding carboxylic acids is 5. The molecule has 0 bridgehead atoms. The Kier molecular flexibility index (Phi) is 9.78. The van der Waals surface area contributed by atoms with Gasteiger partial charge in [-0.25, -0.2) is 9.00 Å². The standard InChI is InChI=1S/C22H37N5O7S/c1-21(2,3)16(25-20(32)26-22(13-35(33)34)9-5-4-6-10-22)19(31)27-11-7-8-14(27)18(30)24-12-15(28)17(23)29/h14,16H,4-13H2,1-3H3,(H2,23,29)(H,24,30)(H,33,34)(H2,25,26,32). The molecule has 2 rings (SSSR count). The van der Waals surface area contributed by atoms with E-state index in [1.807, 2.05) is 0 Å². The quantitative estimate of drug-likeness (QED) is 0.207. The number of nitrogens with zero attached hydrogens (tertiary/aromatic N) is 1. The summed E-state index contributed by atoms with van der Waals surface area (Å²) < 4.78 is 21.0. The largest absolute Gasteiger partial charge is 0.363 e. The molecule has 2 aliphatic rings. The minimum atomic E-state index is -2.09. The maximum atomic E-state index is 13.5. The van der Waals surface area contributed by atoms with E-state index in [1.165, 1.54) is 4.90 Å². The highest BCUT2D eigenvalue weighted by atomic mass is 32.2. The number of urea groups is 1. The Balaban J connectivity index is 2.13. The minimum Gasteiger partial charge on any atom is -0.363 e. The molecule has 12 nitrogen and oxygen atoms in total. The van der Waals surface area contributed by atoms with Crippen LogP contribution in [0.1, 0.15) is 65.7 Å². The van der Waals surface area contributed by atoms with Crippen molar-refractivity contribution >= 4 is 40.6 Å². The van der Waals surface area contributed by atoms with E-state index in [0.717, 1.165) is 19.3 Å². The number of Topliss-reactive ketones (excluding diaryl/α,β-unsaturated/α-hetero) is 1. The first-order valence-corrected chi connectivity index (χ1v) is 13.1. The molecular weight excluding hydrogens is 478 g/mol. The van der Waals surface area contributed by atoms with Crippen molar-refractivity contribution in [2.45, 2.75) is 83.3 Å². The highest BCUT2D eigenvalue weighted by molar-refractivity contribution is 7.79. The Morgan fingerprint density at radius 1 is 1.11 bits per heavy atom. The molecule has 35 heavy (non-hydrogen) atoms. The normalized spacial score (nSPS) is 21.5. The van der Waals surface area contributed by atoms with Gasteiger partial charge in [0.1, 0.15) is 12.1 Å². The van der Waals surface area contributed by atoms with E-state index >= 15 is 0 Å². The van der Waals surface area contributed by atoms with Crippen LogP contribution in [0.4, 0.5) is 4.79 Å². The average molecular weight is 516 g/mol. The zero-order chi connectivity index (χ0) is 26.4. The number of nitrogens with one attached hydrogen (secondary N) is 3. The molecular formula is C22H37N5O7S. The van der Waals surface area contributed by atoms with Crippen LogP contribution in [0.5, 0.6) is 0 Å². The monoisotopic (exact) mass is 515 g/mol. The number of hydrogen-bond acceptors (Lipinski definition) is 6. The molecule has 0 aromatic carbocycles. The van der Waals surface area contributed by atoms with Gasteiger partial charge in [-0.1, -0.05) is 40.0 Å². The van der Waals surface area contributed by atoms with E-state index in [2.05, 4.69) is 16.0 Å². The molecule has 198 valence electrons. The average Bonchev–Trinajstić information content (AvgIpc) is 3.24. The minimum absolute atomic E-state index is 0.0903. The SMILES string of the molecule is CC(C)(C)C(NC(=O)NC1(CS(=O)O)CCCCC1)C(=O)N1CCCC1C(=O)NCC(=O)C(N)=O. The Hall–Kier alpha value is -2.54. The second kappa shape index (κ2) is 11.9. The van der Waals surface area contributed by atoms with Gasteiger partial charge in [-0.15, -0.1) is 0 Å². The second-order valence-corrected chi connectivity index (χ2v) is 11.3. The molecule has 0 aromatic rings. The van der Waals surface area contributed by atoms with Gasteiger partial charge in [0.05, 0.1) is 17.8 Å². The number of amides is 5. The fraction of sp³-hybridized carbons (Fsp3) is 0.773. The molecule has 1 heterocycles. The van der Waals surface area contributed by atoms with Gasteiger partial charge < -0.3 is 31.1 Å². The fourth-order valence-electron chi connectivity index (χ4n) is 4.67. The van der Waals surface area contributed by atoms with E-state index < -0.39 is 70.2 Å². The third-order valence-electron chi connectivity index (χ3n) is 6.51. The third-order valence-corrected chi connectivity index (χ3v) is 7.31. The number of hydrogen-bond donors (Lipinski definition) is 5. The molecule has 5 amide bonds. The van der Waals surface area contributed by atoms with Crippen LogP contribution in [0, 0.1) is 5.41 Å². The van der Waals surface area contributed by atoms with Crippen LogP contribution in [-0.4, -0.2) is 79.7 Å². The highest BCUT2D eigenvalue weighted by Crippen LogP contribution is 2.30. The van der Waals surface area contributed by atoms with E-state index in [1.54, 1.807) is 20.8 Å². The molecule has 6 N–H and O–H groups in total. The van der Waals surface area contributed by atoms with Crippen molar-refractivity contribution in [3.63, 3.8) is 0 Å². The summed E-state index contributed by atoms with van der Waals surface area (Å²) in [6.07, 6.45) is 4.69. The van der Waals surface area contributed by atoms with Crippen molar-refractivity contribution in [1.82, 2.24) is 20.9 Å².